The minimum atomic E-state index is -4.39. The Hall–Kier alpha value is -3.94. The molecule has 0 heterocycles. The van der Waals surface area contributed by atoms with Gasteiger partial charge in [0.05, 0.1) is 23.6 Å². The second kappa shape index (κ2) is 12.1. The fraction of sp³-hybridized carbons (Fsp3) is 0.0606. The highest BCUT2D eigenvalue weighted by Gasteiger charge is 2.33. The summed E-state index contributed by atoms with van der Waals surface area (Å²) in [5.74, 6) is 0.693. The van der Waals surface area contributed by atoms with Crippen LogP contribution in [0.5, 0.6) is 5.75 Å². The van der Waals surface area contributed by atoms with Crippen LogP contribution in [0.3, 0.4) is 0 Å². The number of ketones is 1. The van der Waals surface area contributed by atoms with Gasteiger partial charge in [0.1, 0.15) is 5.75 Å². The first-order chi connectivity index (χ1) is 19.3. The molecule has 200 valence electrons. The predicted molar refractivity (Wildman–Crippen MR) is 153 cm³/mol. The highest BCUT2D eigenvalue weighted by Crippen LogP contribution is 2.36. The fourth-order valence-electron chi connectivity index (χ4n) is 4.11. The average molecular weight is 574 g/mol. The lowest BCUT2D eigenvalue weighted by Crippen LogP contribution is -2.08. The van der Waals surface area contributed by atoms with E-state index in [2.05, 4.69) is 0 Å². The SMILES string of the molecule is COc1ccc([S+](c2ccc(Sc3ccc(C(=O)c4ccccc4)cc3)cc2)c2ccc(C(F)(F)F)cc2)cc1. The van der Waals surface area contributed by atoms with Crippen LogP contribution in [0, 0.1) is 0 Å². The summed E-state index contributed by atoms with van der Waals surface area (Å²) in [5, 5.41) is 0. The van der Waals surface area contributed by atoms with Gasteiger partial charge >= 0.3 is 6.18 Å². The van der Waals surface area contributed by atoms with Crippen LogP contribution in [0.1, 0.15) is 21.5 Å². The van der Waals surface area contributed by atoms with Crippen molar-refractivity contribution in [2.75, 3.05) is 7.11 Å². The molecule has 2 nitrogen and oxygen atoms in total. The number of benzene rings is 5. The molecule has 0 radical (unpaired) electrons. The van der Waals surface area contributed by atoms with Crippen LogP contribution in [0.4, 0.5) is 13.2 Å². The quantitative estimate of drug-likeness (QED) is 0.137. The summed E-state index contributed by atoms with van der Waals surface area (Å²) in [4.78, 5) is 17.4. The molecule has 1 unspecified atom stereocenters. The van der Waals surface area contributed by atoms with E-state index in [1.165, 1.54) is 0 Å². The number of ether oxygens (including phenoxy) is 1. The van der Waals surface area contributed by atoms with Gasteiger partial charge in [-0.15, -0.1) is 0 Å². The maximum Gasteiger partial charge on any atom is 0.416 e. The van der Waals surface area contributed by atoms with Gasteiger partial charge < -0.3 is 4.74 Å². The first-order valence-electron chi connectivity index (χ1n) is 12.4. The van der Waals surface area contributed by atoms with Crippen molar-refractivity contribution in [3.05, 3.63) is 144 Å². The molecule has 40 heavy (non-hydrogen) atoms. The number of alkyl halides is 3. The van der Waals surface area contributed by atoms with Gasteiger partial charge in [-0.1, -0.05) is 42.1 Å². The zero-order valence-corrected chi connectivity index (χ0v) is 23.0. The van der Waals surface area contributed by atoms with E-state index in [0.29, 0.717) is 16.9 Å². The number of halogens is 3. The van der Waals surface area contributed by atoms with Gasteiger partial charge in [0.2, 0.25) is 0 Å². The van der Waals surface area contributed by atoms with Gasteiger partial charge in [0, 0.05) is 20.9 Å². The van der Waals surface area contributed by atoms with Crippen molar-refractivity contribution in [2.24, 2.45) is 0 Å². The van der Waals surface area contributed by atoms with Crippen LogP contribution in [-0.4, -0.2) is 12.9 Å². The van der Waals surface area contributed by atoms with Gasteiger partial charge in [-0.2, -0.15) is 13.2 Å². The molecular formula is C33H24F3O2S2+. The van der Waals surface area contributed by atoms with E-state index in [1.807, 2.05) is 91.0 Å². The van der Waals surface area contributed by atoms with E-state index in [-0.39, 0.29) is 5.78 Å². The van der Waals surface area contributed by atoms with Crippen molar-refractivity contribution >= 4 is 28.4 Å². The zero-order chi connectivity index (χ0) is 28.1. The first-order valence-corrected chi connectivity index (χ1v) is 14.4. The second-order valence-electron chi connectivity index (χ2n) is 8.80. The van der Waals surface area contributed by atoms with Gasteiger partial charge in [0.15, 0.2) is 20.5 Å². The minimum Gasteiger partial charge on any atom is -0.497 e. The predicted octanol–water partition coefficient (Wildman–Crippen LogP) is 9.19. The lowest BCUT2D eigenvalue weighted by molar-refractivity contribution is -0.137. The molecule has 0 saturated heterocycles. The summed E-state index contributed by atoms with van der Waals surface area (Å²) < 4.78 is 44.8. The van der Waals surface area contributed by atoms with E-state index < -0.39 is 22.6 Å². The van der Waals surface area contributed by atoms with Crippen molar-refractivity contribution in [1.29, 1.82) is 0 Å². The highest BCUT2D eigenvalue weighted by molar-refractivity contribution is 7.99. The van der Waals surface area contributed by atoms with Crippen molar-refractivity contribution in [3.8, 4) is 5.75 Å². The Balaban J connectivity index is 1.38. The molecule has 0 fully saturated rings. The molecule has 0 amide bonds. The monoisotopic (exact) mass is 573 g/mol. The number of carbonyl (C=O) groups excluding carboxylic acids is 1. The highest BCUT2D eigenvalue weighted by atomic mass is 32.2. The topological polar surface area (TPSA) is 26.3 Å². The van der Waals surface area contributed by atoms with Crippen LogP contribution < -0.4 is 4.74 Å². The maximum absolute atomic E-state index is 13.2. The Morgan fingerprint density at radius 3 is 1.57 bits per heavy atom. The van der Waals surface area contributed by atoms with Crippen LogP contribution in [0.15, 0.2) is 152 Å². The Bertz CT molecular complexity index is 1570. The third kappa shape index (κ3) is 6.43. The molecule has 0 aromatic heterocycles. The summed E-state index contributed by atoms with van der Waals surface area (Å²) in [5.41, 5.74) is 0.613. The number of hydrogen-bond acceptors (Lipinski definition) is 3. The summed E-state index contributed by atoms with van der Waals surface area (Å²) in [6.45, 7) is 0. The molecular weight excluding hydrogens is 549 g/mol. The van der Waals surface area contributed by atoms with E-state index in [1.54, 1.807) is 43.1 Å². The van der Waals surface area contributed by atoms with E-state index in [0.717, 1.165) is 36.6 Å². The molecule has 0 aliphatic heterocycles. The largest absolute Gasteiger partial charge is 0.497 e. The van der Waals surface area contributed by atoms with Crippen LogP contribution >= 0.6 is 11.8 Å². The van der Waals surface area contributed by atoms with Crippen molar-refractivity contribution < 1.29 is 22.7 Å². The lowest BCUT2D eigenvalue weighted by Gasteiger charge is -2.11. The second-order valence-corrected chi connectivity index (χ2v) is 12.0. The van der Waals surface area contributed by atoms with Crippen LogP contribution in [0.25, 0.3) is 0 Å². The summed E-state index contributed by atoms with van der Waals surface area (Å²) in [7, 11) is 0.982. The minimum absolute atomic E-state index is 0.0182. The maximum atomic E-state index is 13.2. The van der Waals surface area contributed by atoms with Gasteiger partial charge in [-0.25, -0.2) is 0 Å². The molecule has 5 aromatic carbocycles. The van der Waals surface area contributed by atoms with E-state index >= 15 is 0 Å². The summed E-state index contributed by atoms with van der Waals surface area (Å²) in [6.07, 6.45) is -4.39. The standard InChI is InChI=1S/C33H24F3O2S2/c1-38-26-11-19-30(20-12-26)40(29-17-9-25(10-18-29)33(34,35)36)31-21-15-28(16-22-31)39-27-13-7-24(8-14-27)32(37)23-5-3-2-4-6-23/h2-22H,1H3/q+1. The summed E-state index contributed by atoms with van der Waals surface area (Å²) >= 11 is 1.58. The van der Waals surface area contributed by atoms with Crippen LogP contribution in [0.2, 0.25) is 0 Å². The Kier molecular flexibility index (Phi) is 8.33. The lowest BCUT2D eigenvalue weighted by atomic mass is 10.0. The third-order valence-corrected chi connectivity index (χ3v) is 9.41. The molecule has 0 N–H and O–H groups in total. The van der Waals surface area contributed by atoms with Crippen molar-refractivity contribution in [1.82, 2.24) is 0 Å². The third-order valence-electron chi connectivity index (χ3n) is 6.16. The fourth-order valence-corrected chi connectivity index (χ4v) is 6.97. The van der Waals surface area contributed by atoms with Gasteiger partial charge in [0.25, 0.3) is 0 Å². The van der Waals surface area contributed by atoms with Gasteiger partial charge in [-0.05, 0) is 97.1 Å². The Morgan fingerprint density at radius 2 is 1.07 bits per heavy atom. The average Bonchev–Trinajstić information content (AvgIpc) is 2.99. The van der Waals surface area contributed by atoms with E-state index in [9.17, 15) is 18.0 Å². The van der Waals surface area contributed by atoms with Gasteiger partial charge in [-0.3, -0.25) is 4.79 Å². The smallest absolute Gasteiger partial charge is 0.416 e. The molecule has 0 bridgehead atoms. The number of methoxy groups -OCH3 is 1. The van der Waals surface area contributed by atoms with Crippen molar-refractivity contribution in [3.63, 3.8) is 0 Å². The summed E-state index contributed by atoms with van der Waals surface area (Å²) in [6, 6.07) is 37.7. The zero-order valence-electron chi connectivity index (χ0n) is 21.4. The molecule has 0 aliphatic carbocycles. The molecule has 1 atom stereocenters. The molecule has 0 spiro atoms. The Morgan fingerprint density at radius 1 is 0.625 bits per heavy atom. The van der Waals surface area contributed by atoms with Crippen molar-refractivity contribution in [2.45, 2.75) is 30.7 Å². The van der Waals surface area contributed by atoms with Crippen LogP contribution in [-0.2, 0) is 17.1 Å². The molecule has 5 rings (SSSR count). The number of rotatable bonds is 8. The first kappa shape index (κ1) is 27.6. The molecule has 7 heteroatoms. The molecule has 0 aliphatic rings. The molecule has 5 aromatic rings. The number of carbonyl (C=O) groups is 1. The number of hydrogen-bond donors (Lipinski definition) is 0. The normalized spacial score (nSPS) is 12.1. The molecule has 0 saturated carbocycles. The van der Waals surface area contributed by atoms with E-state index in [4.69, 9.17) is 4.74 Å². The Labute approximate surface area is 238 Å².